The normalized spacial score (nSPS) is 28.5. The number of rotatable bonds is 4. The Hall–Kier alpha value is -2.02. The minimum atomic E-state index is -0.784. The molecule has 6 heteroatoms. The van der Waals surface area contributed by atoms with Crippen molar-refractivity contribution in [3.8, 4) is 10.6 Å². The average molecular weight is 366 g/mol. The van der Waals surface area contributed by atoms with E-state index in [-0.39, 0.29) is 5.92 Å². The van der Waals surface area contributed by atoms with Crippen LogP contribution in [0, 0.1) is 11.8 Å². The lowest BCUT2D eigenvalue weighted by Crippen LogP contribution is -2.35. The van der Waals surface area contributed by atoms with Gasteiger partial charge in [0.2, 0.25) is 0 Å². The van der Waals surface area contributed by atoms with Crippen molar-refractivity contribution in [1.29, 1.82) is 0 Å². The largest absolute Gasteiger partial charge is 0.383 e. The summed E-state index contributed by atoms with van der Waals surface area (Å²) in [5, 5.41) is 20.9. The van der Waals surface area contributed by atoms with E-state index in [0.29, 0.717) is 5.92 Å². The van der Waals surface area contributed by atoms with Gasteiger partial charge in [-0.15, -0.1) is 11.3 Å². The molecule has 0 aromatic carbocycles. The molecule has 1 saturated carbocycles. The molecule has 0 unspecified atom stereocenters. The molecule has 0 radical (unpaired) electrons. The Balaban J connectivity index is 1.35. The van der Waals surface area contributed by atoms with Crippen LogP contribution in [0.15, 0.2) is 48.1 Å². The molecule has 3 aromatic rings. The maximum absolute atomic E-state index is 11.4. The van der Waals surface area contributed by atoms with Gasteiger partial charge in [0.05, 0.1) is 22.5 Å². The van der Waals surface area contributed by atoms with Crippen molar-refractivity contribution < 1.29 is 5.11 Å². The van der Waals surface area contributed by atoms with Crippen LogP contribution in [-0.2, 0) is 12.1 Å². The fourth-order valence-corrected chi connectivity index (χ4v) is 5.51. The predicted octanol–water partition coefficient (Wildman–Crippen LogP) is 3.26. The second-order valence-corrected chi connectivity index (χ2v) is 8.43. The number of pyridine rings is 1. The van der Waals surface area contributed by atoms with Gasteiger partial charge in [-0.2, -0.15) is 5.10 Å². The number of aromatic nitrogens is 3. The minimum absolute atomic E-state index is 0.259. The first-order valence-corrected chi connectivity index (χ1v) is 10.0. The highest BCUT2D eigenvalue weighted by Crippen LogP contribution is 2.50. The number of hydrogen-bond donors (Lipinski definition) is 2. The molecule has 1 saturated heterocycles. The molecule has 0 spiro atoms. The van der Waals surface area contributed by atoms with Gasteiger partial charge >= 0.3 is 0 Å². The van der Waals surface area contributed by atoms with Crippen molar-refractivity contribution in [3.63, 3.8) is 0 Å². The molecule has 3 aromatic heterocycles. The van der Waals surface area contributed by atoms with Gasteiger partial charge in [-0.1, -0.05) is 12.1 Å². The zero-order valence-electron chi connectivity index (χ0n) is 14.5. The van der Waals surface area contributed by atoms with Gasteiger partial charge in [-0.05, 0) is 42.3 Å². The molecule has 0 bridgehead atoms. The summed E-state index contributed by atoms with van der Waals surface area (Å²) in [6.07, 6.45) is 5.61. The van der Waals surface area contributed by atoms with Crippen LogP contribution in [0.4, 0.5) is 0 Å². The summed E-state index contributed by atoms with van der Waals surface area (Å²) in [5.41, 5.74) is 2.40. The van der Waals surface area contributed by atoms with Gasteiger partial charge in [0.15, 0.2) is 0 Å². The average Bonchev–Trinajstić information content (AvgIpc) is 3.43. The van der Waals surface area contributed by atoms with Crippen LogP contribution in [-0.4, -0.2) is 38.3 Å². The van der Waals surface area contributed by atoms with Gasteiger partial charge in [0, 0.05) is 37.3 Å². The fraction of sp³-hybridized carbons (Fsp3) is 0.400. The highest BCUT2D eigenvalue weighted by molar-refractivity contribution is 7.13. The first-order valence-electron chi connectivity index (χ1n) is 9.16. The molecule has 1 aliphatic carbocycles. The summed E-state index contributed by atoms with van der Waals surface area (Å²) in [4.78, 5) is 8.15. The van der Waals surface area contributed by atoms with E-state index in [0.717, 1.165) is 43.9 Å². The number of nitrogens with zero attached hydrogens (tertiary/aromatic N) is 3. The Bertz CT molecular complexity index is 878. The summed E-state index contributed by atoms with van der Waals surface area (Å²) in [5.74, 6) is 0.800. The Kier molecular flexibility index (Phi) is 3.92. The third kappa shape index (κ3) is 2.60. The van der Waals surface area contributed by atoms with E-state index in [1.54, 1.807) is 17.5 Å². The van der Waals surface area contributed by atoms with Crippen LogP contribution < -0.4 is 0 Å². The number of thiophene rings is 1. The van der Waals surface area contributed by atoms with Gasteiger partial charge in [-0.3, -0.25) is 15.0 Å². The molecule has 0 amide bonds. The molecule has 2 fully saturated rings. The lowest BCUT2D eigenvalue weighted by molar-refractivity contribution is -0.0108. The monoisotopic (exact) mass is 366 g/mol. The first kappa shape index (κ1) is 16.2. The Morgan fingerprint density at radius 3 is 3.04 bits per heavy atom. The molecule has 5 rings (SSSR count). The molecule has 2 N–H and O–H groups in total. The van der Waals surface area contributed by atoms with Crippen molar-refractivity contribution in [2.24, 2.45) is 11.8 Å². The highest BCUT2D eigenvalue weighted by atomic mass is 32.1. The molecular formula is C20H22N4OS. The third-order valence-electron chi connectivity index (χ3n) is 6.01. The lowest BCUT2D eigenvalue weighted by Gasteiger charge is -2.29. The molecule has 4 heterocycles. The van der Waals surface area contributed by atoms with Gasteiger partial charge < -0.3 is 5.11 Å². The molecule has 1 aliphatic heterocycles. The van der Waals surface area contributed by atoms with E-state index < -0.39 is 5.60 Å². The molecular weight excluding hydrogens is 344 g/mol. The van der Waals surface area contributed by atoms with Crippen molar-refractivity contribution in [2.45, 2.75) is 25.0 Å². The number of aliphatic hydroxyl groups is 1. The van der Waals surface area contributed by atoms with Crippen molar-refractivity contribution in [2.75, 3.05) is 13.1 Å². The number of likely N-dealkylation sites (tertiary alicyclic amines) is 1. The van der Waals surface area contributed by atoms with Gasteiger partial charge in [0.1, 0.15) is 5.60 Å². The zero-order valence-corrected chi connectivity index (χ0v) is 15.3. The van der Waals surface area contributed by atoms with Crippen molar-refractivity contribution in [3.05, 3.63) is 59.4 Å². The second-order valence-electron chi connectivity index (χ2n) is 7.49. The fourth-order valence-electron chi connectivity index (χ4n) is 4.76. The van der Waals surface area contributed by atoms with Crippen LogP contribution >= 0.6 is 11.3 Å². The number of nitrogens with one attached hydrogen (secondary N) is 1. The standard InChI is InChI=1S/C20H22N4OS/c25-20(18-5-1-2-8-21-18)7-6-14-11-24(13-16(14)20)12-15-10-22-23-19(15)17-4-3-9-26-17/h1-5,8-10,14,16,25H,6-7,11-13H2,(H,22,23)/t14-,16+,20-/m0/s1. The molecule has 26 heavy (non-hydrogen) atoms. The van der Waals surface area contributed by atoms with E-state index in [2.05, 4.69) is 37.6 Å². The number of fused-ring (bicyclic) bond motifs is 1. The van der Waals surface area contributed by atoms with Crippen LogP contribution in [0.5, 0.6) is 0 Å². The maximum Gasteiger partial charge on any atom is 0.111 e. The molecule has 3 atom stereocenters. The Morgan fingerprint density at radius 1 is 1.27 bits per heavy atom. The third-order valence-corrected chi connectivity index (χ3v) is 6.90. The van der Waals surface area contributed by atoms with E-state index in [9.17, 15) is 5.11 Å². The lowest BCUT2D eigenvalue weighted by atomic mass is 9.85. The highest BCUT2D eigenvalue weighted by Gasteiger charge is 2.53. The zero-order chi connectivity index (χ0) is 17.6. The van der Waals surface area contributed by atoms with Crippen LogP contribution in [0.25, 0.3) is 10.6 Å². The quantitative estimate of drug-likeness (QED) is 0.744. The second kappa shape index (κ2) is 6.30. The Labute approximate surface area is 156 Å². The summed E-state index contributed by atoms with van der Waals surface area (Å²) in [6.45, 7) is 2.82. The number of hydrogen-bond acceptors (Lipinski definition) is 5. The minimum Gasteiger partial charge on any atom is -0.383 e. The van der Waals surface area contributed by atoms with E-state index in [1.807, 2.05) is 24.4 Å². The van der Waals surface area contributed by atoms with Crippen LogP contribution in [0.2, 0.25) is 0 Å². The molecule has 134 valence electrons. The first-order chi connectivity index (χ1) is 12.7. The van der Waals surface area contributed by atoms with Crippen LogP contribution in [0.3, 0.4) is 0 Å². The van der Waals surface area contributed by atoms with Crippen molar-refractivity contribution >= 4 is 11.3 Å². The number of aromatic amines is 1. The summed E-state index contributed by atoms with van der Waals surface area (Å²) >= 11 is 1.73. The van der Waals surface area contributed by atoms with Crippen LogP contribution in [0.1, 0.15) is 24.1 Å². The van der Waals surface area contributed by atoms with Gasteiger partial charge in [0.25, 0.3) is 0 Å². The summed E-state index contributed by atoms with van der Waals surface area (Å²) < 4.78 is 0. The summed E-state index contributed by atoms with van der Waals surface area (Å²) in [6, 6.07) is 10.0. The maximum atomic E-state index is 11.4. The van der Waals surface area contributed by atoms with Gasteiger partial charge in [-0.25, -0.2) is 0 Å². The topological polar surface area (TPSA) is 65.0 Å². The Morgan fingerprint density at radius 2 is 2.23 bits per heavy atom. The van der Waals surface area contributed by atoms with E-state index in [1.165, 1.54) is 10.4 Å². The van der Waals surface area contributed by atoms with E-state index in [4.69, 9.17) is 0 Å². The number of H-pyrrole nitrogens is 1. The van der Waals surface area contributed by atoms with E-state index >= 15 is 0 Å². The molecule has 5 nitrogen and oxygen atoms in total. The molecule has 2 aliphatic rings. The summed E-state index contributed by atoms with van der Waals surface area (Å²) in [7, 11) is 0. The smallest absolute Gasteiger partial charge is 0.111 e. The predicted molar refractivity (Wildman–Crippen MR) is 102 cm³/mol. The van der Waals surface area contributed by atoms with Crippen molar-refractivity contribution in [1.82, 2.24) is 20.1 Å². The SMILES string of the molecule is O[C@@]1(c2ccccn2)CC[C@H]2CN(Cc3cn[nH]c3-c3cccs3)C[C@H]21.